The topological polar surface area (TPSA) is 66.8 Å². The van der Waals surface area contributed by atoms with Crippen LogP contribution in [0.1, 0.15) is 17.5 Å². The summed E-state index contributed by atoms with van der Waals surface area (Å²) >= 11 is 0. The average molecular weight is 210 g/mol. The standard InChI is InChI=1S/C11H14O4/c1-15-7-9-4-2-8(6-10(9)12)3-5-11(13)14/h2,4,6,12H,3,5,7H2,1H3,(H,13,14). The summed E-state index contributed by atoms with van der Waals surface area (Å²) in [6.45, 7) is 0.352. The van der Waals surface area contributed by atoms with Crippen LogP contribution in [0.25, 0.3) is 0 Å². The Labute approximate surface area is 88.1 Å². The Morgan fingerprint density at radius 1 is 1.47 bits per heavy atom. The molecule has 0 spiro atoms. The van der Waals surface area contributed by atoms with Crippen molar-refractivity contribution in [2.45, 2.75) is 19.4 Å². The van der Waals surface area contributed by atoms with E-state index in [9.17, 15) is 9.90 Å². The van der Waals surface area contributed by atoms with E-state index < -0.39 is 5.97 Å². The molecule has 82 valence electrons. The van der Waals surface area contributed by atoms with Gasteiger partial charge in [-0.25, -0.2) is 0 Å². The molecule has 0 amide bonds. The highest BCUT2D eigenvalue weighted by Crippen LogP contribution is 2.20. The number of aliphatic carboxylic acids is 1. The fourth-order valence-corrected chi connectivity index (χ4v) is 1.29. The number of ether oxygens (including phenoxy) is 1. The zero-order valence-electron chi connectivity index (χ0n) is 8.56. The van der Waals surface area contributed by atoms with Gasteiger partial charge in [0, 0.05) is 19.1 Å². The van der Waals surface area contributed by atoms with Crippen molar-refractivity contribution in [2.24, 2.45) is 0 Å². The second kappa shape index (κ2) is 5.36. The minimum Gasteiger partial charge on any atom is -0.508 e. The zero-order chi connectivity index (χ0) is 11.3. The first-order chi connectivity index (χ1) is 7.13. The van der Waals surface area contributed by atoms with Crippen LogP contribution < -0.4 is 0 Å². The summed E-state index contributed by atoms with van der Waals surface area (Å²) < 4.78 is 4.89. The first-order valence-corrected chi connectivity index (χ1v) is 4.65. The summed E-state index contributed by atoms with van der Waals surface area (Å²) in [5.41, 5.74) is 1.52. The van der Waals surface area contributed by atoms with Crippen LogP contribution >= 0.6 is 0 Å². The molecule has 0 aliphatic rings. The van der Waals surface area contributed by atoms with E-state index >= 15 is 0 Å². The van der Waals surface area contributed by atoms with Crippen LogP contribution in [0.3, 0.4) is 0 Å². The van der Waals surface area contributed by atoms with Crippen LogP contribution in [0.2, 0.25) is 0 Å². The Morgan fingerprint density at radius 3 is 2.73 bits per heavy atom. The lowest BCUT2D eigenvalue weighted by molar-refractivity contribution is -0.136. The van der Waals surface area contributed by atoms with Gasteiger partial charge < -0.3 is 14.9 Å². The van der Waals surface area contributed by atoms with Gasteiger partial charge in [-0.3, -0.25) is 4.79 Å². The molecule has 0 saturated carbocycles. The largest absolute Gasteiger partial charge is 0.508 e. The third-order valence-corrected chi connectivity index (χ3v) is 2.08. The number of benzene rings is 1. The van der Waals surface area contributed by atoms with Crippen molar-refractivity contribution in [2.75, 3.05) is 7.11 Å². The molecule has 1 aromatic carbocycles. The zero-order valence-corrected chi connectivity index (χ0v) is 8.56. The monoisotopic (exact) mass is 210 g/mol. The van der Waals surface area contributed by atoms with Crippen molar-refractivity contribution in [3.05, 3.63) is 29.3 Å². The van der Waals surface area contributed by atoms with Crippen LogP contribution in [0.4, 0.5) is 0 Å². The van der Waals surface area contributed by atoms with Crippen LogP contribution in [0, 0.1) is 0 Å². The van der Waals surface area contributed by atoms with Crippen LogP contribution in [-0.4, -0.2) is 23.3 Å². The van der Waals surface area contributed by atoms with Crippen molar-refractivity contribution in [1.29, 1.82) is 0 Å². The Morgan fingerprint density at radius 2 is 2.20 bits per heavy atom. The smallest absolute Gasteiger partial charge is 0.303 e. The molecule has 0 heterocycles. The maximum atomic E-state index is 10.3. The highest BCUT2D eigenvalue weighted by molar-refractivity contribution is 5.67. The van der Waals surface area contributed by atoms with Crippen molar-refractivity contribution in [1.82, 2.24) is 0 Å². The molecule has 4 nitrogen and oxygen atoms in total. The SMILES string of the molecule is COCc1ccc(CCC(=O)O)cc1O. The van der Waals surface area contributed by atoms with E-state index in [0.29, 0.717) is 18.6 Å². The van der Waals surface area contributed by atoms with Crippen LogP contribution in [0.15, 0.2) is 18.2 Å². The number of hydrogen-bond donors (Lipinski definition) is 2. The molecule has 0 aromatic heterocycles. The fraction of sp³-hybridized carbons (Fsp3) is 0.364. The number of phenols is 1. The number of methoxy groups -OCH3 is 1. The molecule has 0 saturated heterocycles. The summed E-state index contributed by atoms with van der Waals surface area (Å²) in [6.07, 6.45) is 0.499. The van der Waals surface area contributed by atoms with Crippen LogP contribution in [-0.2, 0) is 22.6 Å². The number of aryl methyl sites for hydroxylation is 1. The van der Waals surface area contributed by atoms with Crippen molar-refractivity contribution in [3.63, 3.8) is 0 Å². The molecule has 0 fully saturated rings. The predicted octanol–water partition coefficient (Wildman–Crippen LogP) is 1.56. The molecule has 4 heteroatoms. The van der Waals surface area contributed by atoms with Gasteiger partial charge >= 0.3 is 5.97 Å². The first kappa shape index (κ1) is 11.5. The van der Waals surface area contributed by atoms with E-state index in [1.54, 1.807) is 25.3 Å². The Hall–Kier alpha value is -1.55. The number of hydrogen-bond acceptors (Lipinski definition) is 3. The lowest BCUT2D eigenvalue weighted by atomic mass is 10.1. The molecule has 2 N–H and O–H groups in total. The minimum absolute atomic E-state index is 0.0725. The quantitative estimate of drug-likeness (QED) is 0.773. The van der Waals surface area contributed by atoms with Gasteiger partial charge in [0.2, 0.25) is 0 Å². The number of rotatable bonds is 5. The summed E-state index contributed by atoms with van der Waals surface area (Å²) in [6, 6.07) is 5.13. The van der Waals surface area contributed by atoms with E-state index in [1.807, 2.05) is 0 Å². The maximum absolute atomic E-state index is 10.3. The summed E-state index contributed by atoms with van der Waals surface area (Å²) in [5, 5.41) is 18.1. The van der Waals surface area contributed by atoms with E-state index in [4.69, 9.17) is 9.84 Å². The molecule has 0 atom stereocenters. The van der Waals surface area contributed by atoms with E-state index in [-0.39, 0.29) is 12.2 Å². The fourth-order valence-electron chi connectivity index (χ4n) is 1.29. The van der Waals surface area contributed by atoms with Crippen LogP contribution in [0.5, 0.6) is 5.75 Å². The lowest BCUT2D eigenvalue weighted by Gasteiger charge is -2.05. The lowest BCUT2D eigenvalue weighted by Crippen LogP contribution is -1.98. The van der Waals surface area contributed by atoms with E-state index in [1.165, 1.54) is 0 Å². The third kappa shape index (κ3) is 3.59. The highest BCUT2D eigenvalue weighted by Gasteiger charge is 2.04. The Kier molecular flexibility index (Phi) is 4.12. The maximum Gasteiger partial charge on any atom is 0.303 e. The van der Waals surface area contributed by atoms with Gasteiger partial charge in [0.05, 0.1) is 6.61 Å². The van der Waals surface area contributed by atoms with Crippen molar-refractivity contribution >= 4 is 5.97 Å². The number of carboxylic acids is 1. The Bertz CT molecular complexity index is 346. The molecule has 0 bridgehead atoms. The molecular weight excluding hydrogens is 196 g/mol. The molecule has 15 heavy (non-hydrogen) atoms. The molecule has 0 radical (unpaired) electrons. The second-order valence-corrected chi connectivity index (χ2v) is 3.29. The van der Waals surface area contributed by atoms with E-state index in [2.05, 4.69) is 0 Å². The van der Waals surface area contributed by atoms with Gasteiger partial charge in [0.15, 0.2) is 0 Å². The number of carboxylic acid groups (broad SMARTS) is 1. The Balaban J connectivity index is 2.68. The van der Waals surface area contributed by atoms with Gasteiger partial charge in [-0.05, 0) is 18.1 Å². The van der Waals surface area contributed by atoms with Gasteiger partial charge in [-0.1, -0.05) is 12.1 Å². The molecular formula is C11H14O4. The number of aromatic hydroxyl groups is 1. The molecule has 0 aliphatic carbocycles. The normalized spacial score (nSPS) is 10.2. The van der Waals surface area contributed by atoms with Gasteiger partial charge in [0.25, 0.3) is 0 Å². The van der Waals surface area contributed by atoms with Gasteiger partial charge in [-0.15, -0.1) is 0 Å². The van der Waals surface area contributed by atoms with Crippen molar-refractivity contribution in [3.8, 4) is 5.75 Å². The number of carbonyl (C=O) groups is 1. The van der Waals surface area contributed by atoms with Gasteiger partial charge in [0.1, 0.15) is 5.75 Å². The van der Waals surface area contributed by atoms with E-state index in [0.717, 1.165) is 5.56 Å². The number of phenolic OH excluding ortho intramolecular Hbond substituents is 1. The minimum atomic E-state index is -0.838. The molecule has 1 rings (SSSR count). The molecule has 1 aromatic rings. The van der Waals surface area contributed by atoms with Gasteiger partial charge in [-0.2, -0.15) is 0 Å². The summed E-state index contributed by atoms with van der Waals surface area (Å²) in [5.74, 6) is -0.685. The molecule has 0 unspecified atom stereocenters. The van der Waals surface area contributed by atoms with Crippen molar-refractivity contribution < 1.29 is 19.7 Å². The third-order valence-electron chi connectivity index (χ3n) is 2.08. The first-order valence-electron chi connectivity index (χ1n) is 4.65. The predicted molar refractivity (Wildman–Crippen MR) is 54.8 cm³/mol. The highest BCUT2D eigenvalue weighted by atomic mass is 16.5. The summed E-state index contributed by atoms with van der Waals surface area (Å²) in [7, 11) is 1.55. The average Bonchev–Trinajstić information content (AvgIpc) is 2.19. The molecule has 0 aliphatic heterocycles. The summed E-state index contributed by atoms with van der Waals surface area (Å²) in [4.78, 5) is 10.3. The second-order valence-electron chi connectivity index (χ2n) is 3.29.